The quantitative estimate of drug-likeness (QED) is 0.855. The van der Waals surface area contributed by atoms with Crippen LogP contribution in [0, 0.1) is 12.8 Å². The third kappa shape index (κ3) is 3.24. The van der Waals surface area contributed by atoms with Crippen LogP contribution in [0.2, 0.25) is 0 Å². The van der Waals surface area contributed by atoms with Crippen LogP contribution in [0.4, 0.5) is 5.82 Å². The Balaban J connectivity index is 1.76. The molecule has 0 fully saturated rings. The molecule has 4 rings (SSSR count). The van der Waals surface area contributed by atoms with Crippen molar-refractivity contribution in [2.45, 2.75) is 32.6 Å². The molecule has 3 heterocycles. The predicted molar refractivity (Wildman–Crippen MR) is 104 cm³/mol. The molecule has 144 valence electrons. The van der Waals surface area contributed by atoms with Gasteiger partial charge in [0.15, 0.2) is 0 Å². The van der Waals surface area contributed by atoms with Crippen LogP contribution in [-0.4, -0.2) is 21.5 Å². The number of aromatic nitrogens is 3. The molecule has 0 saturated heterocycles. The van der Waals surface area contributed by atoms with Gasteiger partial charge < -0.3 is 5.32 Å². The van der Waals surface area contributed by atoms with Crippen LogP contribution in [0.1, 0.15) is 36.8 Å². The molecule has 0 bridgehead atoms. The number of aryl methyl sites for hydroxylation is 2. The van der Waals surface area contributed by atoms with E-state index >= 15 is 0 Å². The number of amides is 1. The third-order valence-electron chi connectivity index (χ3n) is 5.36. The van der Waals surface area contributed by atoms with Crippen molar-refractivity contribution in [3.8, 4) is 0 Å². The lowest BCUT2D eigenvalue weighted by Crippen LogP contribution is -2.41. The van der Waals surface area contributed by atoms with Gasteiger partial charge in [0.2, 0.25) is 0 Å². The fourth-order valence-electron chi connectivity index (χ4n) is 4.05. The van der Waals surface area contributed by atoms with Crippen molar-refractivity contribution in [2.24, 2.45) is 13.0 Å². The average molecular weight is 378 g/mol. The van der Waals surface area contributed by atoms with E-state index in [9.17, 15) is 9.59 Å². The van der Waals surface area contributed by atoms with E-state index in [-0.39, 0.29) is 23.5 Å². The summed E-state index contributed by atoms with van der Waals surface area (Å²) in [4.78, 5) is 29.1. The van der Waals surface area contributed by atoms with E-state index in [1.165, 1.54) is 0 Å². The number of nitrogens with zero attached hydrogens (tertiary/aromatic N) is 2. The van der Waals surface area contributed by atoms with Crippen LogP contribution < -0.4 is 15.6 Å². The summed E-state index contributed by atoms with van der Waals surface area (Å²) < 4.78 is 1.70. The molecule has 2 aliphatic rings. The Morgan fingerprint density at radius 2 is 2.14 bits per heavy atom. The number of rotatable bonds is 3. The van der Waals surface area contributed by atoms with Crippen LogP contribution >= 0.6 is 0 Å². The van der Waals surface area contributed by atoms with Crippen molar-refractivity contribution >= 4 is 17.5 Å². The molecule has 1 aliphatic carbocycles. The number of hydrogen-bond acceptors (Lipinski definition) is 4. The van der Waals surface area contributed by atoms with Gasteiger partial charge in [0.25, 0.3) is 5.82 Å². The number of ketones is 1. The number of nitrogens with one attached hydrogen (secondary N) is 3. The molecule has 0 spiro atoms. The maximum Gasteiger partial charge on any atom is 0.337 e. The molecule has 3 N–H and O–H groups in total. The van der Waals surface area contributed by atoms with Crippen molar-refractivity contribution in [1.82, 2.24) is 15.1 Å². The zero-order chi connectivity index (χ0) is 19.8. The zero-order valence-corrected chi connectivity index (χ0v) is 16.2. The highest BCUT2D eigenvalue weighted by Crippen LogP contribution is 2.43. The van der Waals surface area contributed by atoms with E-state index < -0.39 is 0 Å². The summed E-state index contributed by atoms with van der Waals surface area (Å²) >= 11 is 0. The molecule has 2 aromatic rings. The van der Waals surface area contributed by atoms with Crippen LogP contribution in [0.25, 0.3) is 0 Å². The van der Waals surface area contributed by atoms with Crippen molar-refractivity contribution in [2.75, 3.05) is 5.32 Å². The highest BCUT2D eigenvalue weighted by atomic mass is 16.2. The van der Waals surface area contributed by atoms with Gasteiger partial charge in [-0.05, 0) is 37.5 Å². The highest BCUT2D eigenvalue weighted by Gasteiger charge is 2.44. The SMILES string of the molecule is CC1=C(C(=O)Nc2ccc(C)c[nH+]2)C(c2cnn(C)c2)C2C(=O)CCC=C2N1. The summed E-state index contributed by atoms with van der Waals surface area (Å²) in [6, 6.07) is 3.76. The number of hydrogen-bond donors (Lipinski definition) is 2. The normalized spacial score (nSPS) is 21.7. The molecule has 2 atom stereocenters. The van der Waals surface area contributed by atoms with Gasteiger partial charge >= 0.3 is 5.91 Å². The van der Waals surface area contributed by atoms with Gasteiger partial charge in [-0.25, -0.2) is 15.1 Å². The van der Waals surface area contributed by atoms with Crippen molar-refractivity contribution in [3.63, 3.8) is 0 Å². The number of carbonyl (C=O) groups is 2. The van der Waals surface area contributed by atoms with Gasteiger partial charge in [-0.1, -0.05) is 6.08 Å². The van der Waals surface area contributed by atoms with E-state index in [4.69, 9.17) is 0 Å². The van der Waals surface area contributed by atoms with E-state index in [1.807, 2.05) is 45.4 Å². The van der Waals surface area contributed by atoms with Crippen LogP contribution in [0.5, 0.6) is 0 Å². The monoisotopic (exact) mass is 378 g/mol. The van der Waals surface area contributed by atoms with Crippen molar-refractivity contribution in [1.29, 1.82) is 0 Å². The van der Waals surface area contributed by atoms with Gasteiger partial charge in [0, 0.05) is 43.0 Å². The van der Waals surface area contributed by atoms with E-state index in [0.717, 1.165) is 28.9 Å². The Morgan fingerprint density at radius 1 is 1.32 bits per heavy atom. The molecule has 2 unspecified atom stereocenters. The van der Waals surface area contributed by atoms with Crippen LogP contribution in [0.15, 0.2) is 53.8 Å². The van der Waals surface area contributed by atoms with E-state index in [0.29, 0.717) is 17.8 Å². The summed E-state index contributed by atoms with van der Waals surface area (Å²) in [5, 5.41) is 10.5. The van der Waals surface area contributed by atoms with E-state index in [1.54, 1.807) is 10.9 Å². The lowest BCUT2D eigenvalue weighted by Gasteiger charge is -2.36. The van der Waals surface area contributed by atoms with Crippen LogP contribution in [-0.2, 0) is 16.6 Å². The van der Waals surface area contributed by atoms with Gasteiger partial charge in [-0.2, -0.15) is 5.10 Å². The summed E-state index contributed by atoms with van der Waals surface area (Å²) in [6.45, 7) is 3.86. The Hall–Kier alpha value is -3.22. The first kappa shape index (κ1) is 18.2. The maximum atomic E-state index is 13.2. The van der Waals surface area contributed by atoms with Gasteiger partial charge in [0.1, 0.15) is 5.78 Å². The lowest BCUT2D eigenvalue weighted by atomic mass is 9.71. The first-order valence-electron chi connectivity index (χ1n) is 9.43. The number of pyridine rings is 1. The molecule has 28 heavy (non-hydrogen) atoms. The standard InChI is InChI=1S/C21H23N5O2/c1-12-7-8-17(22-9-12)25-21(28)18-13(2)24-15-5-4-6-16(27)20(15)19(18)14-10-23-26(3)11-14/h5,7-11,19-20,24H,4,6H2,1-3H3,(H,22,25,28)/p+1. The van der Waals surface area contributed by atoms with Crippen LogP contribution in [0.3, 0.4) is 0 Å². The Kier molecular flexibility index (Phi) is 4.58. The Morgan fingerprint density at radius 3 is 2.82 bits per heavy atom. The molecular formula is C21H24N5O2+. The molecule has 0 aromatic carbocycles. The zero-order valence-electron chi connectivity index (χ0n) is 16.2. The Labute approximate surface area is 163 Å². The summed E-state index contributed by atoms with van der Waals surface area (Å²) in [5.74, 6) is -0.212. The molecule has 1 amide bonds. The average Bonchev–Trinajstić information content (AvgIpc) is 3.08. The first-order valence-corrected chi connectivity index (χ1v) is 9.43. The third-order valence-corrected chi connectivity index (χ3v) is 5.36. The smallest absolute Gasteiger partial charge is 0.337 e. The number of aromatic amines is 1. The van der Waals surface area contributed by atoms with Gasteiger partial charge in [-0.15, -0.1) is 0 Å². The van der Waals surface area contributed by atoms with Gasteiger partial charge in [-0.3, -0.25) is 9.48 Å². The predicted octanol–water partition coefficient (Wildman–Crippen LogP) is 2.01. The first-order chi connectivity index (χ1) is 13.4. The summed E-state index contributed by atoms with van der Waals surface area (Å²) in [7, 11) is 1.83. The summed E-state index contributed by atoms with van der Waals surface area (Å²) in [5.41, 5.74) is 4.16. The molecule has 2 aromatic heterocycles. The molecule has 7 heteroatoms. The number of allylic oxidation sites excluding steroid dienone is 3. The van der Waals surface area contributed by atoms with E-state index in [2.05, 4.69) is 26.8 Å². The minimum absolute atomic E-state index is 0.151. The molecule has 0 radical (unpaired) electrons. The molecule has 7 nitrogen and oxygen atoms in total. The highest BCUT2D eigenvalue weighted by molar-refractivity contribution is 6.06. The second-order valence-electron chi connectivity index (χ2n) is 7.46. The number of carbonyl (C=O) groups excluding carboxylic acids is 2. The molecular weight excluding hydrogens is 354 g/mol. The molecule has 1 aliphatic heterocycles. The Bertz CT molecular complexity index is 1000. The fraction of sp³-hybridized carbons (Fsp3) is 0.333. The van der Waals surface area contributed by atoms with Gasteiger partial charge in [0.05, 0.1) is 23.9 Å². The van der Waals surface area contributed by atoms with Crippen molar-refractivity contribution in [3.05, 3.63) is 64.9 Å². The lowest BCUT2D eigenvalue weighted by molar-refractivity contribution is -0.361. The fourth-order valence-corrected chi connectivity index (χ4v) is 4.05. The second-order valence-corrected chi connectivity index (χ2v) is 7.46. The molecule has 0 saturated carbocycles. The second kappa shape index (κ2) is 7.07. The number of H-pyrrole nitrogens is 1. The minimum Gasteiger partial charge on any atom is -0.362 e. The minimum atomic E-state index is -0.385. The topological polar surface area (TPSA) is 90.2 Å². The number of fused-ring (bicyclic) bond motifs is 1. The maximum absolute atomic E-state index is 13.2. The number of Topliss-reactive ketones (excluding diaryl/α,β-unsaturated/α-hetero) is 1. The summed E-state index contributed by atoms with van der Waals surface area (Å²) in [6.07, 6.45) is 8.75. The number of anilines is 1. The van der Waals surface area contributed by atoms with Crippen molar-refractivity contribution < 1.29 is 14.6 Å². The largest absolute Gasteiger partial charge is 0.362 e.